The van der Waals surface area contributed by atoms with Gasteiger partial charge in [0, 0.05) is 12.4 Å². The summed E-state index contributed by atoms with van der Waals surface area (Å²) in [7, 11) is 0. The molecule has 1 aliphatic carbocycles. The molecule has 1 heterocycles. The molecular weight excluding hydrogens is 206 g/mol. The Morgan fingerprint density at radius 2 is 1.80 bits per heavy atom. The highest BCUT2D eigenvalue weighted by molar-refractivity contribution is 6.17. The molecule has 1 saturated carbocycles. The Balaban J connectivity index is 1.71. The minimum atomic E-state index is 0.833. The van der Waals surface area contributed by atoms with E-state index in [-0.39, 0.29) is 0 Å². The number of alkyl halides is 1. The van der Waals surface area contributed by atoms with Gasteiger partial charge in [-0.15, -0.1) is 11.6 Å². The van der Waals surface area contributed by atoms with Gasteiger partial charge in [-0.25, -0.2) is 0 Å². The van der Waals surface area contributed by atoms with Crippen LogP contribution in [-0.2, 0) is 0 Å². The summed E-state index contributed by atoms with van der Waals surface area (Å²) in [5, 5.41) is 0. The lowest BCUT2D eigenvalue weighted by Crippen LogP contribution is -2.42. The highest BCUT2D eigenvalue weighted by Gasteiger charge is 2.30. The van der Waals surface area contributed by atoms with E-state index in [0.29, 0.717) is 0 Å². The fourth-order valence-corrected chi connectivity index (χ4v) is 3.50. The fourth-order valence-electron chi connectivity index (χ4n) is 3.31. The Morgan fingerprint density at radius 3 is 2.60 bits per heavy atom. The van der Waals surface area contributed by atoms with E-state index in [1.807, 2.05) is 0 Å². The first-order valence-corrected chi connectivity index (χ1v) is 7.22. The summed E-state index contributed by atoms with van der Waals surface area (Å²) in [5.74, 6) is 2.94. The molecule has 2 rings (SSSR count). The molecule has 0 aromatic heterocycles. The number of nitrogens with zero attached hydrogens (tertiary/aromatic N) is 1. The predicted molar refractivity (Wildman–Crippen MR) is 66.5 cm³/mol. The van der Waals surface area contributed by atoms with Crippen LogP contribution >= 0.6 is 11.6 Å². The minimum absolute atomic E-state index is 0.833. The highest BCUT2D eigenvalue weighted by Crippen LogP contribution is 2.35. The number of hydrogen-bond donors (Lipinski definition) is 0. The van der Waals surface area contributed by atoms with Gasteiger partial charge in [0.1, 0.15) is 0 Å². The van der Waals surface area contributed by atoms with Crippen molar-refractivity contribution in [1.82, 2.24) is 4.90 Å². The van der Waals surface area contributed by atoms with E-state index >= 15 is 0 Å². The predicted octanol–water partition coefficient (Wildman–Crippen LogP) is 3.52. The molecule has 1 saturated heterocycles. The van der Waals surface area contributed by atoms with Crippen LogP contribution in [0.4, 0.5) is 0 Å². The van der Waals surface area contributed by atoms with E-state index in [4.69, 9.17) is 11.6 Å². The summed E-state index contributed by atoms with van der Waals surface area (Å²) >= 11 is 5.71. The molecule has 2 atom stereocenters. The van der Waals surface area contributed by atoms with Gasteiger partial charge in [0.2, 0.25) is 0 Å². The number of piperidine rings is 1. The zero-order valence-electron chi connectivity index (χ0n) is 9.76. The summed E-state index contributed by atoms with van der Waals surface area (Å²) in [4.78, 5) is 2.68. The molecular formula is C13H24ClN. The Kier molecular flexibility index (Phi) is 4.77. The summed E-state index contributed by atoms with van der Waals surface area (Å²) in [6.45, 7) is 4.02. The van der Waals surface area contributed by atoms with Crippen molar-refractivity contribution in [2.24, 2.45) is 11.8 Å². The zero-order chi connectivity index (χ0) is 10.5. The van der Waals surface area contributed by atoms with Crippen molar-refractivity contribution in [3.63, 3.8) is 0 Å². The summed E-state index contributed by atoms with van der Waals surface area (Å²) < 4.78 is 0. The summed E-state index contributed by atoms with van der Waals surface area (Å²) in [5.41, 5.74) is 0. The average Bonchev–Trinajstić information content (AvgIpc) is 2.29. The third-order valence-corrected chi connectivity index (χ3v) is 4.50. The van der Waals surface area contributed by atoms with Crippen LogP contribution in [0.1, 0.15) is 44.9 Å². The Bertz CT molecular complexity index is 181. The van der Waals surface area contributed by atoms with Crippen molar-refractivity contribution in [1.29, 1.82) is 0 Å². The van der Waals surface area contributed by atoms with Crippen LogP contribution in [0, 0.1) is 11.8 Å². The highest BCUT2D eigenvalue weighted by atomic mass is 35.5. The Morgan fingerprint density at radius 1 is 1.00 bits per heavy atom. The first-order chi connectivity index (χ1) is 7.40. The number of unbranched alkanes of at least 4 members (excludes halogenated alkanes) is 1. The molecule has 2 fully saturated rings. The Labute approximate surface area is 99.2 Å². The topological polar surface area (TPSA) is 3.24 Å². The molecule has 0 aromatic rings. The van der Waals surface area contributed by atoms with Crippen LogP contribution in [0.15, 0.2) is 0 Å². The molecule has 2 unspecified atom stereocenters. The van der Waals surface area contributed by atoms with E-state index in [1.54, 1.807) is 0 Å². The zero-order valence-corrected chi connectivity index (χ0v) is 10.5. The van der Waals surface area contributed by atoms with Crippen LogP contribution < -0.4 is 0 Å². The van der Waals surface area contributed by atoms with E-state index in [0.717, 1.165) is 17.7 Å². The molecule has 0 radical (unpaired) electrons. The van der Waals surface area contributed by atoms with E-state index in [1.165, 1.54) is 64.6 Å². The van der Waals surface area contributed by atoms with Gasteiger partial charge in [-0.1, -0.05) is 19.3 Å². The smallest absolute Gasteiger partial charge is 0.0223 e. The van der Waals surface area contributed by atoms with Gasteiger partial charge < -0.3 is 4.90 Å². The van der Waals surface area contributed by atoms with Crippen molar-refractivity contribution in [3.8, 4) is 0 Å². The lowest BCUT2D eigenvalue weighted by Gasteiger charge is -2.41. The van der Waals surface area contributed by atoms with Gasteiger partial charge in [-0.2, -0.15) is 0 Å². The average molecular weight is 230 g/mol. The van der Waals surface area contributed by atoms with Gasteiger partial charge in [0.25, 0.3) is 0 Å². The molecule has 0 spiro atoms. The second-order valence-electron chi connectivity index (χ2n) is 5.29. The number of likely N-dealkylation sites (tertiary alicyclic amines) is 1. The number of rotatable bonds is 4. The fraction of sp³-hybridized carbons (Fsp3) is 1.00. The van der Waals surface area contributed by atoms with Crippen molar-refractivity contribution < 1.29 is 0 Å². The normalized spacial score (nSPS) is 32.6. The molecule has 88 valence electrons. The van der Waals surface area contributed by atoms with Gasteiger partial charge in [-0.3, -0.25) is 0 Å². The number of fused-ring (bicyclic) bond motifs is 1. The van der Waals surface area contributed by atoms with Gasteiger partial charge >= 0.3 is 0 Å². The number of hydrogen-bond acceptors (Lipinski definition) is 1. The van der Waals surface area contributed by atoms with E-state index in [2.05, 4.69) is 4.90 Å². The van der Waals surface area contributed by atoms with Gasteiger partial charge in [0.15, 0.2) is 0 Å². The largest absolute Gasteiger partial charge is 0.303 e. The summed E-state index contributed by atoms with van der Waals surface area (Å²) in [6.07, 6.45) is 9.93. The van der Waals surface area contributed by atoms with Crippen LogP contribution in [-0.4, -0.2) is 30.4 Å². The van der Waals surface area contributed by atoms with Crippen LogP contribution in [0.3, 0.4) is 0 Å². The molecule has 15 heavy (non-hydrogen) atoms. The monoisotopic (exact) mass is 229 g/mol. The Hall–Kier alpha value is 0.250. The lowest BCUT2D eigenvalue weighted by molar-refractivity contribution is 0.0861. The third kappa shape index (κ3) is 3.35. The molecule has 1 nitrogen and oxygen atoms in total. The van der Waals surface area contributed by atoms with Gasteiger partial charge in [-0.05, 0) is 50.6 Å². The molecule has 0 aromatic carbocycles. The molecule has 2 aliphatic rings. The molecule has 0 N–H and O–H groups in total. The van der Waals surface area contributed by atoms with Crippen molar-refractivity contribution in [2.45, 2.75) is 44.9 Å². The van der Waals surface area contributed by atoms with Gasteiger partial charge in [0.05, 0.1) is 0 Å². The maximum atomic E-state index is 5.71. The van der Waals surface area contributed by atoms with E-state index < -0.39 is 0 Å². The van der Waals surface area contributed by atoms with Crippen molar-refractivity contribution in [2.75, 3.05) is 25.5 Å². The second kappa shape index (κ2) is 6.10. The lowest BCUT2D eigenvalue weighted by atomic mass is 9.75. The maximum absolute atomic E-state index is 5.71. The van der Waals surface area contributed by atoms with Crippen LogP contribution in [0.2, 0.25) is 0 Å². The van der Waals surface area contributed by atoms with Crippen molar-refractivity contribution in [3.05, 3.63) is 0 Å². The van der Waals surface area contributed by atoms with Crippen LogP contribution in [0.25, 0.3) is 0 Å². The molecule has 1 aliphatic heterocycles. The summed E-state index contributed by atoms with van der Waals surface area (Å²) in [6, 6.07) is 0. The van der Waals surface area contributed by atoms with E-state index in [9.17, 15) is 0 Å². The third-order valence-electron chi connectivity index (χ3n) is 4.23. The quantitative estimate of drug-likeness (QED) is 0.527. The standard InChI is InChI=1S/C13H24ClN/c14-8-3-4-9-15-10-7-12-5-1-2-6-13(12)11-15/h12-13H,1-11H2. The van der Waals surface area contributed by atoms with Crippen molar-refractivity contribution >= 4 is 11.6 Å². The number of halogens is 1. The molecule has 0 bridgehead atoms. The maximum Gasteiger partial charge on any atom is 0.0223 e. The van der Waals surface area contributed by atoms with Crippen LogP contribution in [0.5, 0.6) is 0 Å². The molecule has 2 heteroatoms. The molecule has 0 amide bonds. The first-order valence-electron chi connectivity index (χ1n) is 6.68. The SMILES string of the molecule is ClCCCCN1CCC2CCCCC2C1. The second-order valence-corrected chi connectivity index (χ2v) is 5.67. The minimum Gasteiger partial charge on any atom is -0.303 e. The first kappa shape index (κ1) is 11.7.